The van der Waals surface area contributed by atoms with E-state index in [-0.39, 0.29) is 0 Å². The largest absolute Gasteiger partial charge is 0.307 e. The average molecular weight is 253 g/mol. The molecule has 1 aromatic carbocycles. The molecule has 1 aliphatic rings. The highest BCUT2D eigenvalue weighted by atomic mass is 15.0. The third kappa shape index (κ3) is 4.22. The summed E-state index contributed by atoms with van der Waals surface area (Å²) in [5, 5.41) is 3.65. The highest BCUT2D eigenvalue weighted by Gasteiger charge is 2.19. The van der Waals surface area contributed by atoms with Crippen molar-refractivity contribution >= 4 is 0 Å². The molecule has 19 heavy (non-hydrogen) atoms. The minimum Gasteiger partial charge on any atom is -0.307 e. The molecule has 1 aliphatic heterocycles. The Balaban J connectivity index is 2.07. The van der Waals surface area contributed by atoms with Gasteiger partial charge in [0.1, 0.15) is 0 Å². The Bertz CT molecular complexity index is 444. The van der Waals surface area contributed by atoms with Crippen molar-refractivity contribution in [2.75, 3.05) is 0 Å². The molecule has 0 saturated heterocycles. The van der Waals surface area contributed by atoms with Crippen LogP contribution in [0, 0.1) is 0 Å². The third-order valence-corrected chi connectivity index (χ3v) is 3.54. The summed E-state index contributed by atoms with van der Waals surface area (Å²) in [6.07, 6.45) is 10.6. The fraction of sp³-hybridized carbons (Fsp3) is 0.333. The van der Waals surface area contributed by atoms with Crippen LogP contribution in [0.25, 0.3) is 0 Å². The Morgan fingerprint density at radius 2 is 1.84 bits per heavy atom. The van der Waals surface area contributed by atoms with Gasteiger partial charge in [-0.05, 0) is 31.2 Å². The number of benzene rings is 1. The first-order valence-electron chi connectivity index (χ1n) is 7.03. The van der Waals surface area contributed by atoms with Crippen molar-refractivity contribution in [1.82, 2.24) is 5.32 Å². The second kappa shape index (κ2) is 7.10. The second-order valence-corrected chi connectivity index (χ2v) is 5.21. The summed E-state index contributed by atoms with van der Waals surface area (Å²) < 4.78 is 0. The van der Waals surface area contributed by atoms with Crippen LogP contribution in [0.4, 0.5) is 0 Å². The van der Waals surface area contributed by atoms with Crippen molar-refractivity contribution in [1.29, 1.82) is 0 Å². The Morgan fingerprint density at radius 3 is 2.53 bits per heavy atom. The standard InChI is InChI=1S/C18H23N/c1-3-8-17-13-16(14-18(19-17)9-4-2)12-15-10-6-5-7-11-15/h3-7,10-11,13,17-19H,1-2,8-9,12,14H2/t17-,18-/m1/s1. The molecule has 1 aromatic rings. The maximum absolute atomic E-state index is 3.86. The van der Waals surface area contributed by atoms with Crippen molar-refractivity contribution in [3.8, 4) is 0 Å². The van der Waals surface area contributed by atoms with E-state index >= 15 is 0 Å². The van der Waals surface area contributed by atoms with Crippen LogP contribution in [-0.2, 0) is 6.42 Å². The molecule has 100 valence electrons. The van der Waals surface area contributed by atoms with Crippen LogP contribution < -0.4 is 5.32 Å². The van der Waals surface area contributed by atoms with E-state index in [2.05, 4.69) is 54.9 Å². The highest BCUT2D eigenvalue weighted by molar-refractivity contribution is 5.25. The minimum atomic E-state index is 0.426. The Labute approximate surface area is 116 Å². The zero-order valence-electron chi connectivity index (χ0n) is 11.5. The van der Waals surface area contributed by atoms with E-state index in [1.54, 1.807) is 0 Å². The Hall–Kier alpha value is -1.60. The molecule has 0 spiro atoms. The molecule has 1 nitrogen and oxygen atoms in total. The van der Waals surface area contributed by atoms with Crippen molar-refractivity contribution < 1.29 is 0 Å². The van der Waals surface area contributed by atoms with Crippen LogP contribution in [0.2, 0.25) is 0 Å². The van der Waals surface area contributed by atoms with E-state index in [4.69, 9.17) is 0 Å². The van der Waals surface area contributed by atoms with Gasteiger partial charge in [-0.3, -0.25) is 0 Å². The van der Waals surface area contributed by atoms with Gasteiger partial charge in [0.15, 0.2) is 0 Å². The van der Waals surface area contributed by atoms with Crippen LogP contribution in [0.5, 0.6) is 0 Å². The SMILES string of the molecule is C=CC[C@@H]1CC(Cc2ccccc2)=C[C@@H](CC=C)N1. The molecule has 0 bridgehead atoms. The van der Waals surface area contributed by atoms with Crippen LogP contribution >= 0.6 is 0 Å². The van der Waals surface area contributed by atoms with Crippen LogP contribution in [0.15, 0.2) is 67.3 Å². The lowest BCUT2D eigenvalue weighted by Crippen LogP contribution is -2.40. The summed E-state index contributed by atoms with van der Waals surface area (Å²) in [7, 11) is 0. The average Bonchev–Trinajstić information content (AvgIpc) is 2.40. The number of hydrogen-bond acceptors (Lipinski definition) is 1. The second-order valence-electron chi connectivity index (χ2n) is 5.21. The van der Waals surface area contributed by atoms with E-state index in [9.17, 15) is 0 Å². The number of nitrogens with one attached hydrogen (secondary N) is 1. The molecule has 1 heterocycles. The zero-order chi connectivity index (χ0) is 13.5. The normalized spacial score (nSPS) is 22.6. The van der Waals surface area contributed by atoms with Gasteiger partial charge in [-0.25, -0.2) is 0 Å². The molecule has 2 atom stereocenters. The van der Waals surface area contributed by atoms with Gasteiger partial charge in [-0.15, -0.1) is 13.2 Å². The maximum atomic E-state index is 3.86. The van der Waals surface area contributed by atoms with Crippen molar-refractivity contribution in [2.45, 2.75) is 37.8 Å². The van der Waals surface area contributed by atoms with Gasteiger partial charge in [-0.1, -0.05) is 54.1 Å². The molecular formula is C18H23N. The molecular weight excluding hydrogens is 230 g/mol. The summed E-state index contributed by atoms with van der Waals surface area (Å²) in [5.74, 6) is 0. The van der Waals surface area contributed by atoms with Crippen LogP contribution in [0.3, 0.4) is 0 Å². The molecule has 0 amide bonds. The molecule has 0 aromatic heterocycles. The summed E-state index contributed by atoms with van der Waals surface area (Å²) in [6.45, 7) is 7.70. The Morgan fingerprint density at radius 1 is 1.11 bits per heavy atom. The van der Waals surface area contributed by atoms with Crippen LogP contribution in [0.1, 0.15) is 24.8 Å². The first-order valence-corrected chi connectivity index (χ1v) is 7.03. The Kier molecular flexibility index (Phi) is 5.17. The predicted octanol–water partition coefficient (Wildman–Crippen LogP) is 4.04. The molecule has 0 aliphatic carbocycles. The van der Waals surface area contributed by atoms with Crippen molar-refractivity contribution in [3.05, 3.63) is 72.9 Å². The van der Waals surface area contributed by atoms with E-state index in [0.29, 0.717) is 12.1 Å². The van der Waals surface area contributed by atoms with Gasteiger partial charge in [-0.2, -0.15) is 0 Å². The number of hydrogen-bond donors (Lipinski definition) is 1. The van der Waals surface area contributed by atoms with Crippen molar-refractivity contribution in [2.24, 2.45) is 0 Å². The summed E-state index contributed by atoms with van der Waals surface area (Å²) in [4.78, 5) is 0. The van der Waals surface area contributed by atoms with Crippen LogP contribution in [-0.4, -0.2) is 12.1 Å². The maximum Gasteiger partial charge on any atom is 0.0289 e. The van der Waals surface area contributed by atoms with Gasteiger partial charge in [0.2, 0.25) is 0 Å². The van der Waals surface area contributed by atoms with E-state index in [0.717, 1.165) is 25.7 Å². The van der Waals surface area contributed by atoms with Gasteiger partial charge in [0, 0.05) is 12.1 Å². The fourth-order valence-electron chi connectivity index (χ4n) is 2.74. The quantitative estimate of drug-likeness (QED) is 0.755. The summed E-state index contributed by atoms with van der Waals surface area (Å²) >= 11 is 0. The highest BCUT2D eigenvalue weighted by Crippen LogP contribution is 2.21. The summed E-state index contributed by atoms with van der Waals surface area (Å²) in [5.41, 5.74) is 2.93. The fourth-order valence-corrected chi connectivity index (χ4v) is 2.74. The molecule has 2 rings (SSSR count). The van der Waals surface area contributed by atoms with Gasteiger partial charge < -0.3 is 5.32 Å². The monoisotopic (exact) mass is 253 g/mol. The molecule has 0 radical (unpaired) electrons. The molecule has 1 heteroatoms. The predicted molar refractivity (Wildman–Crippen MR) is 83.2 cm³/mol. The topological polar surface area (TPSA) is 12.0 Å². The first-order chi connectivity index (χ1) is 9.31. The minimum absolute atomic E-state index is 0.426. The van der Waals surface area contributed by atoms with Gasteiger partial charge >= 0.3 is 0 Å². The molecule has 0 saturated carbocycles. The summed E-state index contributed by atoms with van der Waals surface area (Å²) in [6, 6.07) is 11.6. The van der Waals surface area contributed by atoms with Gasteiger partial charge in [0.05, 0.1) is 0 Å². The van der Waals surface area contributed by atoms with E-state index in [1.807, 2.05) is 12.2 Å². The lowest BCUT2D eigenvalue weighted by atomic mass is 9.90. The molecule has 0 fully saturated rings. The molecule has 1 N–H and O–H groups in total. The third-order valence-electron chi connectivity index (χ3n) is 3.54. The lowest BCUT2D eigenvalue weighted by Gasteiger charge is -2.29. The molecule has 0 unspecified atom stereocenters. The smallest absolute Gasteiger partial charge is 0.0289 e. The van der Waals surface area contributed by atoms with E-state index < -0.39 is 0 Å². The van der Waals surface area contributed by atoms with Crippen molar-refractivity contribution in [3.63, 3.8) is 0 Å². The first kappa shape index (κ1) is 13.8. The zero-order valence-corrected chi connectivity index (χ0v) is 11.5. The van der Waals surface area contributed by atoms with E-state index in [1.165, 1.54) is 11.1 Å². The lowest BCUT2D eigenvalue weighted by molar-refractivity contribution is 0.440. The number of rotatable bonds is 6. The van der Waals surface area contributed by atoms with Gasteiger partial charge in [0.25, 0.3) is 0 Å².